The van der Waals surface area contributed by atoms with Gasteiger partial charge in [-0.2, -0.15) is 0 Å². The summed E-state index contributed by atoms with van der Waals surface area (Å²) >= 11 is 0. The minimum absolute atomic E-state index is 0.620. The van der Waals surface area contributed by atoms with E-state index in [1.807, 2.05) is 0 Å². The third-order valence-electron chi connectivity index (χ3n) is 6.49. The number of rotatable bonds is 8. The summed E-state index contributed by atoms with van der Waals surface area (Å²) in [6.07, 6.45) is -23.2. The Balaban J connectivity index is 1.74. The number of carbonyl (C=O) groups is 1. The van der Waals surface area contributed by atoms with Gasteiger partial charge in [0.15, 0.2) is 18.9 Å². The molecule has 1 unspecified atom stereocenters. The lowest BCUT2D eigenvalue weighted by atomic mass is 9.95. The fourth-order valence-electron chi connectivity index (χ4n) is 4.46. The molecule has 216 valence electrons. The highest BCUT2D eigenvalue weighted by atomic mass is 16.7. The Kier molecular flexibility index (Phi) is 10.5. The highest BCUT2D eigenvalue weighted by molar-refractivity contribution is 5.73. The molecule has 17 nitrogen and oxygen atoms in total. The molecule has 15 atom stereocenters. The van der Waals surface area contributed by atoms with Crippen molar-refractivity contribution in [2.75, 3.05) is 19.8 Å². The van der Waals surface area contributed by atoms with Crippen molar-refractivity contribution >= 4 is 5.91 Å². The SMILES string of the molecule is CC(=O)N[C@H]1C(O)O[C@H](CO)[C@@H](O[C@@H]2O[C@H](CO)[C@H](O[C@H]3O[C@H](CO)[C@H](O)[C@H](O)[C@H]3O)[C@H](O)[C@H]2O)[C@@H]1O. The monoisotopic (exact) mass is 545 g/mol. The number of nitrogens with one attached hydrogen (secondary N) is 1. The first-order valence-corrected chi connectivity index (χ1v) is 11.6. The van der Waals surface area contributed by atoms with E-state index in [0.717, 1.165) is 6.92 Å². The van der Waals surface area contributed by atoms with Crippen LogP contribution >= 0.6 is 0 Å². The van der Waals surface area contributed by atoms with Crippen LogP contribution in [0.4, 0.5) is 0 Å². The summed E-state index contributed by atoms with van der Waals surface area (Å²) in [6, 6.07) is -1.38. The minimum atomic E-state index is -1.92. The number of ether oxygens (including phenoxy) is 5. The van der Waals surface area contributed by atoms with Crippen molar-refractivity contribution in [1.82, 2.24) is 5.32 Å². The Hall–Kier alpha value is -1.13. The van der Waals surface area contributed by atoms with Crippen LogP contribution < -0.4 is 5.32 Å². The number of hydrogen-bond acceptors (Lipinski definition) is 16. The van der Waals surface area contributed by atoms with E-state index < -0.39 is 118 Å². The summed E-state index contributed by atoms with van der Waals surface area (Å²) in [7, 11) is 0. The van der Waals surface area contributed by atoms with Gasteiger partial charge in [0.2, 0.25) is 5.91 Å². The second-order valence-corrected chi connectivity index (χ2v) is 9.07. The zero-order chi connectivity index (χ0) is 27.6. The standard InChI is InChI=1S/C20H35NO16/c1-5(25)21-9-11(27)16(7(3-23)33-18(9)32)36-20-15(31)13(29)17(8(4-24)35-20)37-19-14(30)12(28)10(26)6(2-22)34-19/h6-20,22-24,26-32H,2-4H2,1H3,(H,21,25)/t6-,7-,8-,9-,10+,11-,12+,13-,14-,15-,16-,17+,18?,19-,20+/m1/s1. The van der Waals surface area contributed by atoms with Gasteiger partial charge in [0.05, 0.1) is 19.8 Å². The molecule has 0 radical (unpaired) electrons. The lowest BCUT2D eigenvalue weighted by Gasteiger charge is -2.48. The van der Waals surface area contributed by atoms with Crippen molar-refractivity contribution in [3.63, 3.8) is 0 Å². The predicted molar refractivity (Wildman–Crippen MR) is 113 cm³/mol. The first kappa shape index (κ1) is 30.4. The molecule has 37 heavy (non-hydrogen) atoms. The van der Waals surface area contributed by atoms with Crippen molar-refractivity contribution in [2.24, 2.45) is 0 Å². The first-order valence-electron chi connectivity index (χ1n) is 11.6. The van der Waals surface area contributed by atoms with Gasteiger partial charge >= 0.3 is 0 Å². The van der Waals surface area contributed by atoms with Crippen molar-refractivity contribution in [3.8, 4) is 0 Å². The fraction of sp³-hybridized carbons (Fsp3) is 0.950. The van der Waals surface area contributed by atoms with Crippen LogP contribution in [0.25, 0.3) is 0 Å². The Morgan fingerprint density at radius 1 is 0.649 bits per heavy atom. The van der Waals surface area contributed by atoms with Crippen molar-refractivity contribution in [2.45, 2.75) is 99.0 Å². The molecule has 0 spiro atoms. The van der Waals surface area contributed by atoms with E-state index in [1.165, 1.54) is 0 Å². The van der Waals surface area contributed by atoms with Gasteiger partial charge in [-0.05, 0) is 0 Å². The molecule has 0 aromatic carbocycles. The third-order valence-corrected chi connectivity index (χ3v) is 6.49. The average molecular weight is 545 g/mol. The van der Waals surface area contributed by atoms with Crippen LogP contribution in [0.5, 0.6) is 0 Å². The number of aliphatic hydroxyl groups excluding tert-OH is 10. The van der Waals surface area contributed by atoms with Crippen molar-refractivity contribution < 1.29 is 79.5 Å². The Morgan fingerprint density at radius 3 is 1.62 bits per heavy atom. The molecular weight excluding hydrogens is 510 g/mol. The summed E-state index contributed by atoms with van der Waals surface area (Å²) in [5, 5.41) is 103. The van der Waals surface area contributed by atoms with Crippen molar-refractivity contribution in [3.05, 3.63) is 0 Å². The smallest absolute Gasteiger partial charge is 0.217 e. The topological polar surface area (TPSA) is 278 Å². The van der Waals surface area contributed by atoms with E-state index in [-0.39, 0.29) is 0 Å². The molecule has 0 aromatic heterocycles. The normalized spacial score (nSPS) is 49.0. The molecule has 11 N–H and O–H groups in total. The van der Waals surface area contributed by atoms with E-state index in [9.17, 15) is 55.9 Å². The van der Waals surface area contributed by atoms with Gasteiger partial charge in [-0.25, -0.2) is 0 Å². The zero-order valence-corrected chi connectivity index (χ0v) is 19.7. The minimum Gasteiger partial charge on any atom is -0.394 e. The Morgan fingerprint density at radius 2 is 1.11 bits per heavy atom. The fourth-order valence-corrected chi connectivity index (χ4v) is 4.46. The summed E-state index contributed by atoms with van der Waals surface area (Å²) in [6.45, 7) is -1.21. The number of aliphatic hydroxyl groups is 10. The van der Waals surface area contributed by atoms with Gasteiger partial charge in [0.1, 0.15) is 73.2 Å². The molecule has 1 amide bonds. The highest BCUT2D eigenvalue weighted by Crippen LogP contribution is 2.32. The maximum atomic E-state index is 11.4. The lowest BCUT2D eigenvalue weighted by Crippen LogP contribution is -2.68. The maximum absolute atomic E-state index is 11.4. The van der Waals surface area contributed by atoms with Crippen LogP contribution in [0.1, 0.15) is 6.92 Å². The molecule has 3 aliphatic heterocycles. The van der Waals surface area contributed by atoms with E-state index in [4.69, 9.17) is 23.7 Å². The molecule has 0 bridgehead atoms. The maximum Gasteiger partial charge on any atom is 0.217 e. The van der Waals surface area contributed by atoms with Crippen LogP contribution in [-0.2, 0) is 28.5 Å². The molecule has 17 heteroatoms. The van der Waals surface area contributed by atoms with Gasteiger partial charge in [-0.3, -0.25) is 4.79 Å². The van der Waals surface area contributed by atoms with Crippen molar-refractivity contribution in [1.29, 1.82) is 0 Å². The van der Waals surface area contributed by atoms with Crippen LogP contribution in [0.2, 0.25) is 0 Å². The van der Waals surface area contributed by atoms with E-state index in [1.54, 1.807) is 0 Å². The van der Waals surface area contributed by atoms with E-state index in [2.05, 4.69) is 5.32 Å². The van der Waals surface area contributed by atoms with Crippen LogP contribution in [0, 0.1) is 0 Å². The van der Waals surface area contributed by atoms with Gasteiger partial charge in [-0.1, -0.05) is 0 Å². The molecule has 3 saturated heterocycles. The number of hydrogen-bond donors (Lipinski definition) is 11. The molecule has 0 saturated carbocycles. The Bertz CT molecular complexity index is 743. The molecule has 3 aliphatic rings. The summed E-state index contributed by atoms with van der Waals surface area (Å²) in [4.78, 5) is 11.4. The predicted octanol–water partition coefficient (Wildman–Crippen LogP) is -7.43. The second-order valence-electron chi connectivity index (χ2n) is 9.07. The van der Waals surface area contributed by atoms with Crippen LogP contribution in [0.15, 0.2) is 0 Å². The van der Waals surface area contributed by atoms with Gasteiger partial charge in [0.25, 0.3) is 0 Å². The Labute approximate surface area is 210 Å². The second kappa shape index (κ2) is 12.8. The molecular formula is C20H35NO16. The molecule has 3 fully saturated rings. The van der Waals surface area contributed by atoms with Crippen LogP contribution in [-0.4, -0.2) is 169 Å². The highest BCUT2D eigenvalue weighted by Gasteiger charge is 2.53. The lowest BCUT2D eigenvalue weighted by molar-refractivity contribution is -0.373. The molecule has 3 rings (SSSR count). The van der Waals surface area contributed by atoms with Gasteiger partial charge < -0.3 is 80.1 Å². The molecule has 0 aliphatic carbocycles. The van der Waals surface area contributed by atoms with E-state index >= 15 is 0 Å². The van der Waals surface area contributed by atoms with Gasteiger partial charge in [-0.15, -0.1) is 0 Å². The third kappa shape index (κ3) is 6.38. The van der Waals surface area contributed by atoms with Gasteiger partial charge in [0, 0.05) is 6.92 Å². The first-order chi connectivity index (χ1) is 17.4. The largest absolute Gasteiger partial charge is 0.394 e. The quantitative estimate of drug-likeness (QED) is 0.135. The number of carbonyl (C=O) groups excluding carboxylic acids is 1. The average Bonchev–Trinajstić information content (AvgIpc) is 2.87. The molecule has 3 heterocycles. The van der Waals surface area contributed by atoms with E-state index in [0.29, 0.717) is 0 Å². The number of amides is 1. The summed E-state index contributed by atoms with van der Waals surface area (Å²) < 4.78 is 26.9. The van der Waals surface area contributed by atoms with Crippen LogP contribution in [0.3, 0.4) is 0 Å². The summed E-state index contributed by atoms with van der Waals surface area (Å²) in [5.74, 6) is -0.620. The molecule has 0 aromatic rings. The zero-order valence-electron chi connectivity index (χ0n) is 19.7. The summed E-state index contributed by atoms with van der Waals surface area (Å²) in [5.41, 5.74) is 0.